The molecule has 0 aliphatic carbocycles. The van der Waals surface area contributed by atoms with E-state index < -0.39 is 43.1 Å². The molecule has 138 valence electrons. The van der Waals surface area contributed by atoms with Crippen molar-refractivity contribution in [2.75, 3.05) is 13.7 Å². The molecule has 24 heavy (non-hydrogen) atoms. The molecule has 0 radical (unpaired) electrons. The topological polar surface area (TPSA) is 125 Å². The molecule has 0 heterocycles. The van der Waals surface area contributed by atoms with Crippen molar-refractivity contribution in [1.29, 1.82) is 0 Å². The number of halogens is 2. The summed E-state index contributed by atoms with van der Waals surface area (Å²) in [5, 5.41) is 11.0. The van der Waals surface area contributed by atoms with E-state index in [0.717, 1.165) is 26.0 Å². The number of nitro benzene ring substituents is 1. The molecule has 0 aromatic heterocycles. The van der Waals surface area contributed by atoms with E-state index >= 15 is 0 Å². The number of nitrogens with one attached hydrogen (secondary N) is 1. The minimum absolute atomic E-state index is 0. The Morgan fingerprint density at radius 3 is 2.54 bits per heavy atom. The summed E-state index contributed by atoms with van der Waals surface area (Å²) in [6.07, 6.45) is 2.15. The first-order chi connectivity index (χ1) is 10.8. The van der Waals surface area contributed by atoms with Gasteiger partial charge in [-0.25, -0.2) is 17.5 Å². The molecule has 1 atom stereocenters. The highest BCUT2D eigenvalue weighted by Gasteiger charge is 2.27. The van der Waals surface area contributed by atoms with E-state index in [1.54, 1.807) is 0 Å². The molecule has 0 amide bonds. The lowest BCUT2D eigenvalue weighted by atomic mass is 10.1. The molecular weight excluding hydrogens is 365 g/mol. The number of sulfonamides is 1. The lowest BCUT2D eigenvalue weighted by Gasteiger charge is -2.17. The minimum atomic E-state index is -4.14. The Morgan fingerprint density at radius 2 is 2.08 bits per heavy atom. The molecular formula is C13H21ClFN3O5S. The zero-order valence-corrected chi connectivity index (χ0v) is 15.0. The smallest absolute Gasteiger partial charge is 0.315 e. The van der Waals surface area contributed by atoms with Gasteiger partial charge in [-0.3, -0.25) is 10.1 Å². The molecule has 1 unspecified atom stereocenters. The van der Waals surface area contributed by atoms with Gasteiger partial charge in [0, 0.05) is 18.7 Å². The predicted molar refractivity (Wildman–Crippen MR) is 89.5 cm³/mol. The first-order valence-electron chi connectivity index (χ1n) is 7.01. The molecule has 0 saturated carbocycles. The van der Waals surface area contributed by atoms with Crippen molar-refractivity contribution in [2.45, 2.75) is 37.1 Å². The first kappa shape index (κ1) is 22.5. The van der Waals surface area contributed by atoms with Crippen molar-refractivity contribution >= 4 is 28.1 Å². The van der Waals surface area contributed by atoms with Crippen LogP contribution in [0.1, 0.15) is 26.2 Å². The van der Waals surface area contributed by atoms with E-state index in [1.165, 1.54) is 0 Å². The van der Waals surface area contributed by atoms with Crippen LogP contribution in [0, 0.1) is 15.9 Å². The van der Waals surface area contributed by atoms with Crippen LogP contribution in [-0.4, -0.2) is 33.0 Å². The second kappa shape index (κ2) is 9.72. The van der Waals surface area contributed by atoms with Gasteiger partial charge in [0.05, 0.1) is 16.9 Å². The summed E-state index contributed by atoms with van der Waals surface area (Å²) in [5.41, 5.74) is 4.76. The van der Waals surface area contributed by atoms with Gasteiger partial charge in [0.2, 0.25) is 15.8 Å². The Bertz CT molecular complexity index is 672. The van der Waals surface area contributed by atoms with Gasteiger partial charge in [-0.2, -0.15) is 0 Å². The van der Waals surface area contributed by atoms with Crippen LogP contribution in [0.3, 0.4) is 0 Å². The fourth-order valence-electron chi connectivity index (χ4n) is 2.01. The summed E-state index contributed by atoms with van der Waals surface area (Å²) >= 11 is 0. The van der Waals surface area contributed by atoms with Gasteiger partial charge in [-0.15, -0.1) is 12.4 Å². The van der Waals surface area contributed by atoms with Gasteiger partial charge in [0.1, 0.15) is 0 Å². The van der Waals surface area contributed by atoms with E-state index in [0.29, 0.717) is 12.5 Å². The molecule has 11 heteroatoms. The number of nitrogens with two attached hydrogens (primary N) is 1. The largest absolute Gasteiger partial charge is 0.488 e. The lowest BCUT2D eigenvalue weighted by molar-refractivity contribution is -0.386. The number of methoxy groups -OCH3 is 1. The van der Waals surface area contributed by atoms with Crippen molar-refractivity contribution in [2.24, 2.45) is 5.73 Å². The third-order valence-electron chi connectivity index (χ3n) is 3.22. The van der Waals surface area contributed by atoms with Gasteiger partial charge in [-0.1, -0.05) is 19.8 Å². The van der Waals surface area contributed by atoms with Crippen LogP contribution in [0.4, 0.5) is 10.1 Å². The Labute approximate surface area is 146 Å². The van der Waals surface area contributed by atoms with Gasteiger partial charge in [0.25, 0.3) is 0 Å². The molecule has 0 aliphatic heterocycles. The van der Waals surface area contributed by atoms with Crippen LogP contribution >= 0.6 is 12.4 Å². The fourth-order valence-corrected chi connectivity index (χ4v) is 3.32. The van der Waals surface area contributed by atoms with Crippen molar-refractivity contribution in [3.05, 3.63) is 28.1 Å². The number of ether oxygens (including phenoxy) is 1. The zero-order valence-electron chi connectivity index (χ0n) is 13.3. The van der Waals surface area contributed by atoms with E-state index in [-0.39, 0.29) is 19.0 Å². The molecule has 1 rings (SSSR count). The highest BCUT2D eigenvalue weighted by atomic mass is 35.5. The standard InChI is InChI=1S/C13H20FN3O5S.ClH/c1-3-4-5-9(8-15)16-23(20,21)10-6-11(14)13(22-2)12(7-10)17(18)19;/h6-7,9,16H,3-5,8,15H2,1-2H3;1H. The summed E-state index contributed by atoms with van der Waals surface area (Å²) < 4.78 is 45.4. The van der Waals surface area contributed by atoms with Crippen molar-refractivity contribution in [3.8, 4) is 5.75 Å². The number of unbranched alkanes of at least 4 members (excludes halogenated alkanes) is 1. The maximum absolute atomic E-state index is 13.9. The monoisotopic (exact) mass is 385 g/mol. The Hall–Kier alpha value is -1.49. The second-order valence-electron chi connectivity index (χ2n) is 4.91. The Morgan fingerprint density at radius 1 is 1.46 bits per heavy atom. The van der Waals surface area contributed by atoms with Gasteiger partial charge in [0.15, 0.2) is 5.82 Å². The highest BCUT2D eigenvalue weighted by molar-refractivity contribution is 7.89. The Kier molecular flexibility index (Phi) is 9.12. The van der Waals surface area contributed by atoms with E-state index in [1.807, 2.05) is 6.92 Å². The van der Waals surface area contributed by atoms with Crippen LogP contribution < -0.4 is 15.2 Å². The van der Waals surface area contributed by atoms with Crippen LogP contribution in [0.15, 0.2) is 17.0 Å². The minimum Gasteiger partial charge on any atom is -0.488 e. The van der Waals surface area contributed by atoms with Crippen LogP contribution in [0.5, 0.6) is 5.75 Å². The lowest BCUT2D eigenvalue weighted by Crippen LogP contribution is -2.40. The summed E-state index contributed by atoms with van der Waals surface area (Å²) in [5.74, 6) is -1.74. The zero-order chi connectivity index (χ0) is 17.6. The molecule has 8 nitrogen and oxygen atoms in total. The number of hydrogen-bond acceptors (Lipinski definition) is 6. The SMILES string of the molecule is CCCCC(CN)NS(=O)(=O)c1cc(F)c(OC)c([N+](=O)[O-])c1.Cl. The van der Waals surface area contributed by atoms with Gasteiger partial charge < -0.3 is 10.5 Å². The highest BCUT2D eigenvalue weighted by Crippen LogP contribution is 2.32. The van der Waals surface area contributed by atoms with E-state index in [2.05, 4.69) is 9.46 Å². The van der Waals surface area contributed by atoms with Crippen LogP contribution in [0.25, 0.3) is 0 Å². The summed E-state index contributed by atoms with van der Waals surface area (Å²) in [7, 11) is -3.07. The third-order valence-corrected chi connectivity index (χ3v) is 4.72. The van der Waals surface area contributed by atoms with Gasteiger partial charge >= 0.3 is 5.69 Å². The molecule has 1 aromatic carbocycles. The third kappa shape index (κ3) is 5.55. The average Bonchev–Trinajstić information content (AvgIpc) is 2.50. The maximum atomic E-state index is 13.9. The predicted octanol–water partition coefficient (Wildman–Crippen LogP) is 1.96. The van der Waals surface area contributed by atoms with Crippen molar-refractivity contribution in [3.63, 3.8) is 0 Å². The summed E-state index contributed by atoms with van der Waals surface area (Å²) in [6, 6.07) is 0.920. The van der Waals surface area contributed by atoms with Gasteiger partial charge in [-0.05, 0) is 12.5 Å². The van der Waals surface area contributed by atoms with Crippen molar-refractivity contribution in [1.82, 2.24) is 4.72 Å². The number of nitrogens with zero attached hydrogens (tertiary/aromatic N) is 1. The molecule has 0 bridgehead atoms. The Balaban J connectivity index is 0.00000529. The van der Waals surface area contributed by atoms with Crippen LogP contribution in [0.2, 0.25) is 0 Å². The summed E-state index contributed by atoms with van der Waals surface area (Å²) in [6.45, 7) is 2.02. The normalized spacial score (nSPS) is 12.3. The quantitative estimate of drug-likeness (QED) is 0.494. The fraction of sp³-hybridized carbons (Fsp3) is 0.538. The number of rotatable bonds is 9. The van der Waals surface area contributed by atoms with E-state index in [9.17, 15) is 22.9 Å². The number of hydrogen-bond donors (Lipinski definition) is 2. The summed E-state index contributed by atoms with van der Waals surface area (Å²) in [4.78, 5) is 9.51. The molecule has 1 aromatic rings. The second-order valence-corrected chi connectivity index (χ2v) is 6.62. The molecule has 0 fully saturated rings. The van der Waals surface area contributed by atoms with Crippen molar-refractivity contribution < 1.29 is 22.5 Å². The molecule has 0 aliphatic rings. The average molecular weight is 386 g/mol. The first-order valence-corrected chi connectivity index (χ1v) is 8.49. The maximum Gasteiger partial charge on any atom is 0.315 e. The van der Waals surface area contributed by atoms with E-state index in [4.69, 9.17) is 5.73 Å². The van der Waals surface area contributed by atoms with Crippen LogP contribution in [-0.2, 0) is 10.0 Å². The number of nitro groups is 1. The number of benzene rings is 1. The molecule has 0 spiro atoms. The molecule has 0 saturated heterocycles. The molecule has 3 N–H and O–H groups in total.